The Kier molecular flexibility index (Phi) is 3.31. The van der Waals surface area contributed by atoms with Gasteiger partial charge in [-0.2, -0.15) is 4.98 Å². The highest BCUT2D eigenvalue weighted by molar-refractivity contribution is 5.73. The van der Waals surface area contributed by atoms with Crippen LogP contribution >= 0.6 is 0 Å². The van der Waals surface area contributed by atoms with Gasteiger partial charge in [-0.25, -0.2) is 0 Å². The molecule has 106 valence electrons. The SMILES string of the molecule is Cc1cccc(N)c1-c1nc(Cc2ccc(O)cc2)no1. The Bertz CT molecular complexity index is 743. The van der Waals surface area contributed by atoms with Crippen molar-refractivity contribution in [3.63, 3.8) is 0 Å². The number of anilines is 1. The average Bonchev–Trinajstić information content (AvgIpc) is 2.89. The topological polar surface area (TPSA) is 85.2 Å². The van der Waals surface area contributed by atoms with Gasteiger partial charge in [0.05, 0.1) is 5.56 Å². The molecule has 1 heterocycles. The minimum Gasteiger partial charge on any atom is -0.508 e. The molecule has 2 aromatic carbocycles. The smallest absolute Gasteiger partial charge is 0.260 e. The van der Waals surface area contributed by atoms with Crippen LogP contribution in [0.25, 0.3) is 11.5 Å². The van der Waals surface area contributed by atoms with E-state index >= 15 is 0 Å². The Morgan fingerprint density at radius 2 is 1.90 bits per heavy atom. The van der Waals surface area contributed by atoms with Gasteiger partial charge in [-0.1, -0.05) is 29.4 Å². The molecule has 0 spiro atoms. The summed E-state index contributed by atoms with van der Waals surface area (Å²) in [5.74, 6) is 1.25. The first kappa shape index (κ1) is 13.2. The molecule has 0 aliphatic heterocycles. The summed E-state index contributed by atoms with van der Waals surface area (Å²) in [4.78, 5) is 4.40. The minimum atomic E-state index is 0.236. The van der Waals surface area contributed by atoms with Crippen molar-refractivity contribution < 1.29 is 9.63 Å². The zero-order valence-corrected chi connectivity index (χ0v) is 11.6. The van der Waals surface area contributed by atoms with Crippen molar-refractivity contribution in [1.82, 2.24) is 10.1 Å². The van der Waals surface area contributed by atoms with Crippen molar-refractivity contribution in [2.24, 2.45) is 0 Å². The number of aryl methyl sites for hydroxylation is 1. The maximum Gasteiger partial charge on any atom is 0.260 e. The average molecular weight is 281 g/mol. The highest BCUT2D eigenvalue weighted by atomic mass is 16.5. The van der Waals surface area contributed by atoms with Gasteiger partial charge in [-0.3, -0.25) is 0 Å². The van der Waals surface area contributed by atoms with Gasteiger partial charge in [0.2, 0.25) is 0 Å². The van der Waals surface area contributed by atoms with Gasteiger partial charge >= 0.3 is 0 Å². The number of aromatic nitrogens is 2. The van der Waals surface area contributed by atoms with Crippen molar-refractivity contribution in [2.45, 2.75) is 13.3 Å². The fourth-order valence-electron chi connectivity index (χ4n) is 2.21. The number of hydrogen-bond donors (Lipinski definition) is 2. The number of aromatic hydroxyl groups is 1. The van der Waals surface area contributed by atoms with Crippen LogP contribution in [-0.4, -0.2) is 15.2 Å². The number of rotatable bonds is 3. The lowest BCUT2D eigenvalue weighted by molar-refractivity contribution is 0.424. The molecular formula is C16H15N3O2. The third-order valence-electron chi connectivity index (χ3n) is 3.29. The van der Waals surface area contributed by atoms with Crippen molar-refractivity contribution in [3.8, 4) is 17.2 Å². The summed E-state index contributed by atoms with van der Waals surface area (Å²) in [7, 11) is 0. The Hall–Kier alpha value is -2.82. The molecule has 0 bridgehead atoms. The number of hydrogen-bond acceptors (Lipinski definition) is 5. The highest BCUT2D eigenvalue weighted by Crippen LogP contribution is 2.28. The zero-order chi connectivity index (χ0) is 14.8. The molecule has 0 saturated heterocycles. The molecule has 0 radical (unpaired) electrons. The molecular weight excluding hydrogens is 266 g/mol. The summed E-state index contributed by atoms with van der Waals surface area (Å²) in [6, 6.07) is 12.6. The molecule has 5 nitrogen and oxygen atoms in total. The minimum absolute atomic E-state index is 0.236. The maximum absolute atomic E-state index is 9.27. The van der Waals surface area contributed by atoms with Crippen LogP contribution in [0.5, 0.6) is 5.75 Å². The van der Waals surface area contributed by atoms with Gasteiger partial charge in [-0.05, 0) is 36.2 Å². The molecule has 0 atom stereocenters. The van der Waals surface area contributed by atoms with E-state index in [0.29, 0.717) is 23.8 Å². The van der Waals surface area contributed by atoms with Crippen LogP contribution in [-0.2, 0) is 6.42 Å². The fraction of sp³-hybridized carbons (Fsp3) is 0.125. The second-order valence-corrected chi connectivity index (χ2v) is 4.90. The molecule has 0 amide bonds. The predicted octanol–water partition coefficient (Wildman–Crippen LogP) is 2.92. The lowest BCUT2D eigenvalue weighted by atomic mass is 10.1. The third kappa shape index (κ3) is 2.72. The third-order valence-corrected chi connectivity index (χ3v) is 3.29. The quantitative estimate of drug-likeness (QED) is 0.721. The Labute approximate surface area is 122 Å². The standard InChI is InChI=1S/C16H15N3O2/c1-10-3-2-4-13(17)15(10)16-18-14(19-21-16)9-11-5-7-12(20)8-6-11/h2-8,20H,9,17H2,1H3. The second kappa shape index (κ2) is 5.28. The number of phenolic OH excluding ortho intramolecular Hbond substituents is 1. The van der Waals surface area contributed by atoms with E-state index in [4.69, 9.17) is 10.3 Å². The molecule has 0 unspecified atom stereocenters. The molecule has 0 aliphatic carbocycles. The number of nitrogens with two attached hydrogens (primary N) is 1. The van der Waals surface area contributed by atoms with Crippen molar-refractivity contribution in [2.75, 3.05) is 5.73 Å². The van der Waals surface area contributed by atoms with Gasteiger partial charge in [-0.15, -0.1) is 0 Å². The molecule has 21 heavy (non-hydrogen) atoms. The van der Waals surface area contributed by atoms with E-state index < -0.39 is 0 Å². The largest absolute Gasteiger partial charge is 0.508 e. The zero-order valence-electron chi connectivity index (χ0n) is 11.6. The molecule has 5 heteroatoms. The van der Waals surface area contributed by atoms with Crippen LogP contribution in [0.3, 0.4) is 0 Å². The summed E-state index contributed by atoms with van der Waals surface area (Å²) in [6.45, 7) is 1.95. The van der Waals surface area contributed by atoms with Crippen LogP contribution in [0.2, 0.25) is 0 Å². The molecule has 3 aromatic rings. The highest BCUT2D eigenvalue weighted by Gasteiger charge is 2.14. The van der Waals surface area contributed by atoms with Crippen LogP contribution in [0, 0.1) is 6.92 Å². The first-order valence-corrected chi connectivity index (χ1v) is 6.59. The Morgan fingerprint density at radius 3 is 2.62 bits per heavy atom. The molecule has 0 saturated carbocycles. The van der Waals surface area contributed by atoms with Gasteiger partial charge < -0.3 is 15.4 Å². The number of nitrogens with zero attached hydrogens (tertiary/aromatic N) is 2. The van der Waals surface area contributed by atoms with E-state index in [-0.39, 0.29) is 5.75 Å². The van der Waals surface area contributed by atoms with Crippen molar-refractivity contribution >= 4 is 5.69 Å². The van der Waals surface area contributed by atoms with Crippen LogP contribution in [0.15, 0.2) is 47.0 Å². The second-order valence-electron chi connectivity index (χ2n) is 4.90. The molecule has 0 aliphatic rings. The number of benzene rings is 2. The summed E-state index contributed by atoms with van der Waals surface area (Å²) in [6.07, 6.45) is 0.537. The summed E-state index contributed by atoms with van der Waals surface area (Å²) < 4.78 is 5.32. The van der Waals surface area contributed by atoms with Gasteiger partial charge in [0.1, 0.15) is 5.75 Å². The van der Waals surface area contributed by atoms with E-state index in [1.54, 1.807) is 12.1 Å². The lowest BCUT2D eigenvalue weighted by Gasteiger charge is -2.03. The van der Waals surface area contributed by atoms with Crippen molar-refractivity contribution in [1.29, 1.82) is 0 Å². The van der Waals surface area contributed by atoms with Crippen molar-refractivity contribution in [3.05, 3.63) is 59.4 Å². The van der Waals surface area contributed by atoms with Gasteiger partial charge in [0.15, 0.2) is 5.82 Å². The van der Waals surface area contributed by atoms with Crippen LogP contribution in [0.4, 0.5) is 5.69 Å². The molecule has 1 aromatic heterocycles. The lowest BCUT2D eigenvalue weighted by Crippen LogP contribution is -1.94. The predicted molar refractivity (Wildman–Crippen MR) is 79.8 cm³/mol. The van der Waals surface area contributed by atoms with E-state index in [0.717, 1.165) is 16.7 Å². The Morgan fingerprint density at radius 1 is 1.14 bits per heavy atom. The first-order chi connectivity index (χ1) is 10.1. The normalized spacial score (nSPS) is 10.7. The van der Waals surface area contributed by atoms with E-state index in [1.807, 2.05) is 37.3 Å². The summed E-state index contributed by atoms with van der Waals surface area (Å²) in [5, 5.41) is 13.3. The number of phenols is 1. The molecule has 0 fully saturated rings. The number of nitrogen functional groups attached to an aromatic ring is 1. The van der Waals surface area contributed by atoms with Gasteiger partial charge in [0, 0.05) is 12.1 Å². The Balaban J connectivity index is 1.88. The van der Waals surface area contributed by atoms with E-state index in [1.165, 1.54) is 0 Å². The van der Waals surface area contributed by atoms with Gasteiger partial charge in [0.25, 0.3) is 5.89 Å². The molecule has 3 N–H and O–H groups in total. The molecule has 3 rings (SSSR count). The maximum atomic E-state index is 9.27. The summed E-state index contributed by atoms with van der Waals surface area (Å²) in [5.41, 5.74) is 9.37. The van der Waals surface area contributed by atoms with E-state index in [2.05, 4.69) is 10.1 Å². The van der Waals surface area contributed by atoms with Crippen LogP contribution < -0.4 is 5.73 Å². The monoisotopic (exact) mass is 281 g/mol. The van der Waals surface area contributed by atoms with Crippen LogP contribution in [0.1, 0.15) is 17.0 Å². The van der Waals surface area contributed by atoms with E-state index in [9.17, 15) is 5.11 Å². The summed E-state index contributed by atoms with van der Waals surface area (Å²) >= 11 is 0. The fourth-order valence-corrected chi connectivity index (χ4v) is 2.21. The first-order valence-electron chi connectivity index (χ1n) is 6.59.